The fraction of sp³-hybridized carbons (Fsp3) is 0.867. The molecule has 0 aromatic carbocycles. The van der Waals surface area contributed by atoms with E-state index in [1.807, 2.05) is 0 Å². The van der Waals surface area contributed by atoms with E-state index < -0.39 is 28.2 Å². The third kappa shape index (κ3) is 2.85. The maximum absolute atomic E-state index is 13.5. The van der Waals surface area contributed by atoms with Crippen LogP contribution in [0.1, 0.15) is 99.3 Å². The van der Waals surface area contributed by atoms with Gasteiger partial charge in [0.25, 0.3) is 0 Å². The number of aliphatic hydroxyl groups excluding tert-OH is 1. The molecule has 0 saturated heterocycles. The zero-order chi connectivity index (χ0) is 25.8. The summed E-state index contributed by atoms with van der Waals surface area (Å²) in [5.41, 5.74) is -1.53. The van der Waals surface area contributed by atoms with E-state index in [1.165, 1.54) is 0 Å². The van der Waals surface area contributed by atoms with Crippen molar-refractivity contribution in [3.05, 3.63) is 11.6 Å². The van der Waals surface area contributed by atoms with Crippen molar-refractivity contribution in [3.8, 4) is 0 Å². The molecule has 5 rings (SSSR count). The zero-order valence-electron chi connectivity index (χ0n) is 22.6. The van der Waals surface area contributed by atoms with Crippen LogP contribution in [0.3, 0.4) is 0 Å². The standard InChI is InChI=1S/C30H46O5/c1-17-9-14-29(24(32)33)15-16-30(25(34)35)19(23(29)18(17)2)7-8-21-27(5)12-11-22(31)26(3,4)20(27)10-13-28(21,30)6/h7,17-18,20-23,31H,8-16H2,1-6H3,(H,32,33)(H,34,35)/t17-,18-,20-,21-,22+,23-,27-,28-,29+,30+/m1/s1. The number of carboxylic acid groups (broad SMARTS) is 2. The number of aliphatic hydroxyl groups is 1. The molecule has 5 aliphatic carbocycles. The van der Waals surface area contributed by atoms with Gasteiger partial charge in [-0.2, -0.15) is 0 Å². The minimum atomic E-state index is -1.00. The molecule has 3 N–H and O–H groups in total. The molecule has 5 nitrogen and oxygen atoms in total. The summed E-state index contributed by atoms with van der Waals surface area (Å²) in [6.45, 7) is 13.4. The van der Waals surface area contributed by atoms with E-state index in [0.29, 0.717) is 31.1 Å². The molecule has 0 aliphatic heterocycles. The highest BCUT2D eigenvalue weighted by Gasteiger charge is 2.73. The second kappa shape index (κ2) is 7.58. The average Bonchev–Trinajstić information content (AvgIpc) is 2.78. The molecule has 35 heavy (non-hydrogen) atoms. The van der Waals surface area contributed by atoms with Gasteiger partial charge in [-0.1, -0.05) is 53.2 Å². The summed E-state index contributed by atoms with van der Waals surface area (Å²) in [5.74, 6) is -0.563. The molecule has 0 heterocycles. The lowest BCUT2D eigenvalue weighted by atomic mass is 9.33. The number of rotatable bonds is 2. The third-order valence-corrected chi connectivity index (χ3v) is 13.2. The van der Waals surface area contributed by atoms with Crippen LogP contribution >= 0.6 is 0 Å². The molecule has 4 saturated carbocycles. The summed E-state index contributed by atoms with van der Waals surface area (Å²) >= 11 is 0. The quantitative estimate of drug-likeness (QED) is 0.407. The van der Waals surface area contributed by atoms with E-state index in [4.69, 9.17) is 0 Å². The summed E-state index contributed by atoms with van der Waals surface area (Å²) in [7, 11) is 0. The Bertz CT molecular complexity index is 968. The number of carbonyl (C=O) groups is 2. The molecule has 0 aromatic rings. The Balaban J connectivity index is 1.68. The normalized spacial score (nSPS) is 52.7. The Hall–Kier alpha value is -1.36. The van der Waals surface area contributed by atoms with Gasteiger partial charge in [0.05, 0.1) is 16.9 Å². The Kier molecular flexibility index (Phi) is 5.48. The maximum Gasteiger partial charge on any atom is 0.314 e. The Morgan fingerprint density at radius 3 is 2.17 bits per heavy atom. The van der Waals surface area contributed by atoms with Crippen LogP contribution in [0, 0.1) is 56.7 Å². The molecule has 0 spiro atoms. The highest BCUT2D eigenvalue weighted by molar-refractivity contribution is 5.84. The monoisotopic (exact) mass is 486 g/mol. The summed E-state index contributed by atoms with van der Waals surface area (Å²) in [5, 5.41) is 32.5. The number of allylic oxidation sites excluding steroid dienone is 1. The first kappa shape index (κ1) is 25.3. The van der Waals surface area contributed by atoms with Crippen molar-refractivity contribution < 1.29 is 24.9 Å². The van der Waals surface area contributed by atoms with Crippen molar-refractivity contribution in [2.75, 3.05) is 0 Å². The highest BCUT2D eigenvalue weighted by Crippen LogP contribution is 2.75. The van der Waals surface area contributed by atoms with Crippen molar-refractivity contribution in [3.63, 3.8) is 0 Å². The van der Waals surface area contributed by atoms with Gasteiger partial charge in [-0.15, -0.1) is 0 Å². The molecule has 0 bridgehead atoms. The summed E-state index contributed by atoms with van der Waals surface area (Å²) in [4.78, 5) is 26.3. The van der Waals surface area contributed by atoms with E-state index >= 15 is 0 Å². The fourth-order valence-corrected chi connectivity index (χ4v) is 11.0. The van der Waals surface area contributed by atoms with Gasteiger partial charge >= 0.3 is 11.9 Å². The first-order chi connectivity index (χ1) is 16.2. The predicted octanol–water partition coefficient (Wildman–Crippen LogP) is 6.15. The van der Waals surface area contributed by atoms with Gasteiger partial charge in [0.2, 0.25) is 0 Å². The molecular weight excluding hydrogens is 440 g/mol. The Morgan fingerprint density at radius 2 is 1.54 bits per heavy atom. The minimum Gasteiger partial charge on any atom is -0.481 e. The summed E-state index contributed by atoms with van der Waals surface area (Å²) < 4.78 is 0. The van der Waals surface area contributed by atoms with Crippen molar-refractivity contribution in [2.45, 2.75) is 105 Å². The van der Waals surface area contributed by atoms with E-state index in [9.17, 15) is 24.9 Å². The zero-order valence-corrected chi connectivity index (χ0v) is 22.6. The fourth-order valence-electron chi connectivity index (χ4n) is 11.0. The van der Waals surface area contributed by atoms with Crippen LogP contribution < -0.4 is 0 Å². The molecule has 10 atom stereocenters. The Labute approximate surface area is 210 Å². The van der Waals surface area contributed by atoms with Gasteiger partial charge < -0.3 is 15.3 Å². The van der Waals surface area contributed by atoms with Gasteiger partial charge in [0.1, 0.15) is 0 Å². The van der Waals surface area contributed by atoms with Crippen molar-refractivity contribution in [2.24, 2.45) is 56.7 Å². The SMILES string of the molecule is C[C@@H]1[C@H](C)CC[C@]2(C(=O)O)CC[C@@]3(C(=O)O)C(=CC[C@@H]4[C@]5(C)CC[C@H](O)C(C)(C)[C@H]5CC[C@]43C)[C@@H]12. The van der Waals surface area contributed by atoms with E-state index in [0.717, 1.165) is 44.1 Å². The van der Waals surface area contributed by atoms with Crippen molar-refractivity contribution >= 4 is 11.9 Å². The lowest BCUT2D eigenvalue weighted by molar-refractivity contribution is -0.216. The maximum atomic E-state index is 13.5. The van der Waals surface area contributed by atoms with E-state index in [1.54, 1.807) is 0 Å². The van der Waals surface area contributed by atoms with Crippen molar-refractivity contribution in [1.82, 2.24) is 0 Å². The summed E-state index contributed by atoms with van der Waals surface area (Å²) in [6.07, 6.45) is 8.62. The van der Waals surface area contributed by atoms with E-state index in [2.05, 4.69) is 47.6 Å². The highest BCUT2D eigenvalue weighted by atomic mass is 16.4. The van der Waals surface area contributed by atoms with Gasteiger partial charge in [-0.05, 0) is 104 Å². The minimum absolute atomic E-state index is 0.0347. The molecule has 5 heteroatoms. The van der Waals surface area contributed by atoms with Crippen LogP contribution in [0.2, 0.25) is 0 Å². The lowest BCUT2D eigenvalue weighted by Gasteiger charge is -2.70. The van der Waals surface area contributed by atoms with Crippen LogP contribution in [-0.2, 0) is 9.59 Å². The predicted molar refractivity (Wildman–Crippen MR) is 135 cm³/mol. The molecule has 0 radical (unpaired) electrons. The first-order valence-electron chi connectivity index (χ1n) is 14.1. The molecular formula is C30H46O5. The number of carboxylic acids is 2. The topological polar surface area (TPSA) is 94.8 Å². The Morgan fingerprint density at radius 1 is 0.857 bits per heavy atom. The lowest BCUT2D eigenvalue weighted by Crippen LogP contribution is -2.67. The van der Waals surface area contributed by atoms with Crippen LogP contribution in [-0.4, -0.2) is 33.4 Å². The van der Waals surface area contributed by atoms with Crippen LogP contribution in [0.15, 0.2) is 11.6 Å². The molecule has 196 valence electrons. The van der Waals surface area contributed by atoms with Gasteiger partial charge in [-0.3, -0.25) is 9.59 Å². The van der Waals surface area contributed by atoms with Gasteiger partial charge in [0.15, 0.2) is 0 Å². The second-order valence-electron chi connectivity index (χ2n) is 14.4. The number of fused-ring (bicyclic) bond motifs is 7. The first-order valence-corrected chi connectivity index (χ1v) is 14.1. The van der Waals surface area contributed by atoms with E-state index in [-0.39, 0.29) is 34.7 Å². The van der Waals surface area contributed by atoms with Crippen molar-refractivity contribution in [1.29, 1.82) is 0 Å². The average molecular weight is 487 g/mol. The number of hydrogen-bond donors (Lipinski definition) is 3. The number of aliphatic carboxylic acids is 2. The molecule has 5 aliphatic rings. The smallest absolute Gasteiger partial charge is 0.314 e. The number of hydrogen-bond acceptors (Lipinski definition) is 3. The van der Waals surface area contributed by atoms with Crippen LogP contribution in [0.4, 0.5) is 0 Å². The summed E-state index contributed by atoms with van der Waals surface area (Å²) in [6, 6.07) is 0. The molecule has 0 unspecified atom stereocenters. The second-order valence-corrected chi connectivity index (χ2v) is 14.4. The largest absolute Gasteiger partial charge is 0.481 e. The van der Waals surface area contributed by atoms with Crippen LogP contribution in [0.25, 0.3) is 0 Å². The molecule has 0 aromatic heterocycles. The molecule has 0 amide bonds. The van der Waals surface area contributed by atoms with Crippen LogP contribution in [0.5, 0.6) is 0 Å². The third-order valence-electron chi connectivity index (χ3n) is 13.2. The molecule has 4 fully saturated rings. The van der Waals surface area contributed by atoms with Gasteiger partial charge in [0, 0.05) is 0 Å². The van der Waals surface area contributed by atoms with Gasteiger partial charge in [-0.25, -0.2) is 0 Å².